The quantitative estimate of drug-likeness (QED) is 0.685. The topological polar surface area (TPSA) is 139 Å². The Morgan fingerprint density at radius 3 is 2.53 bits per heavy atom. The van der Waals surface area contributed by atoms with E-state index in [1.807, 2.05) is 0 Å². The summed E-state index contributed by atoms with van der Waals surface area (Å²) in [5, 5.41) is 11.3. The Labute approximate surface area is 107 Å². The average molecular weight is 262 g/mol. The maximum Gasteiger partial charge on any atom is 0.358 e. The predicted octanol–water partition coefficient (Wildman–Crippen LogP) is -0.870. The molecule has 9 heteroatoms. The van der Waals surface area contributed by atoms with Crippen LogP contribution in [0.15, 0.2) is 18.3 Å². The molecule has 0 spiro atoms. The zero-order chi connectivity index (χ0) is 14.0. The Hall–Kier alpha value is -2.97. The van der Waals surface area contributed by atoms with E-state index in [2.05, 4.69) is 20.0 Å². The van der Waals surface area contributed by atoms with E-state index in [0.29, 0.717) is 0 Å². The minimum atomic E-state index is -0.740. The second-order valence-corrected chi connectivity index (χ2v) is 3.51. The normalized spacial score (nSPS) is 10.2. The number of carbonyl (C=O) groups excluding carboxylic acids is 2. The summed E-state index contributed by atoms with van der Waals surface area (Å²) in [5.74, 6) is -1.06. The van der Waals surface area contributed by atoms with Crippen molar-refractivity contribution in [2.75, 3.05) is 12.8 Å². The monoisotopic (exact) mass is 262 g/mol. The molecule has 0 bridgehead atoms. The summed E-state index contributed by atoms with van der Waals surface area (Å²) in [4.78, 5) is 22.2. The average Bonchev–Trinajstić information content (AvgIpc) is 2.80. The highest BCUT2D eigenvalue weighted by Gasteiger charge is 2.14. The highest BCUT2D eigenvalue weighted by Crippen LogP contribution is 2.12. The van der Waals surface area contributed by atoms with E-state index >= 15 is 0 Å². The van der Waals surface area contributed by atoms with Gasteiger partial charge in [0.15, 0.2) is 17.2 Å². The van der Waals surface area contributed by atoms with Gasteiger partial charge in [0, 0.05) is 0 Å². The number of nitrogen functional groups attached to an aromatic ring is 1. The van der Waals surface area contributed by atoms with Gasteiger partial charge in [0.25, 0.3) is 5.91 Å². The fourth-order valence-electron chi connectivity index (χ4n) is 1.36. The van der Waals surface area contributed by atoms with E-state index in [-0.39, 0.29) is 22.9 Å². The summed E-state index contributed by atoms with van der Waals surface area (Å²) in [6.07, 6.45) is 1.38. The molecular formula is C10H10N6O3. The molecule has 98 valence electrons. The fraction of sp³-hybridized carbons (Fsp3) is 0.100. The molecule has 2 heterocycles. The first-order valence-corrected chi connectivity index (χ1v) is 5.10. The van der Waals surface area contributed by atoms with E-state index < -0.39 is 11.9 Å². The van der Waals surface area contributed by atoms with E-state index in [9.17, 15) is 9.59 Å². The number of primary amides is 1. The smallest absolute Gasteiger partial charge is 0.358 e. The molecule has 19 heavy (non-hydrogen) atoms. The van der Waals surface area contributed by atoms with Gasteiger partial charge in [-0.2, -0.15) is 5.10 Å². The number of rotatable bonds is 3. The molecule has 2 aromatic rings. The van der Waals surface area contributed by atoms with E-state index in [1.54, 1.807) is 0 Å². The highest BCUT2D eigenvalue weighted by atomic mass is 16.5. The van der Waals surface area contributed by atoms with Crippen molar-refractivity contribution in [3.8, 4) is 5.82 Å². The van der Waals surface area contributed by atoms with Crippen LogP contribution in [0.3, 0.4) is 0 Å². The van der Waals surface area contributed by atoms with Gasteiger partial charge in [-0.05, 0) is 12.1 Å². The Morgan fingerprint density at radius 1 is 1.32 bits per heavy atom. The Balaban J connectivity index is 2.35. The first-order chi connectivity index (χ1) is 9.02. The summed E-state index contributed by atoms with van der Waals surface area (Å²) in [5.41, 5.74) is 10.8. The van der Waals surface area contributed by atoms with Crippen molar-refractivity contribution in [3.05, 3.63) is 29.7 Å². The van der Waals surface area contributed by atoms with Gasteiger partial charge in [-0.15, -0.1) is 10.2 Å². The van der Waals surface area contributed by atoms with Gasteiger partial charge < -0.3 is 16.2 Å². The van der Waals surface area contributed by atoms with Crippen LogP contribution in [-0.4, -0.2) is 39.0 Å². The number of ether oxygens (including phenoxy) is 1. The van der Waals surface area contributed by atoms with Crippen molar-refractivity contribution in [1.29, 1.82) is 0 Å². The van der Waals surface area contributed by atoms with Crippen molar-refractivity contribution >= 4 is 17.6 Å². The first-order valence-electron chi connectivity index (χ1n) is 5.10. The summed E-state index contributed by atoms with van der Waals surface area (Å²) < 4.78 is 5.73. The molecule has 2 aromatic heterocycles. The predicted molar refractivity (Wildman–Crippen MR) is 63.4 cm³/mol. The number of anilines is 1. The maximum absolute atomic E-state index is 11.2. The molecule has 2 rings (SSSR count). The van der Waals surface area contributed by atoms with Crippen molar-refractivity contribution in [2.45, 2.75) is 0 Å². The van der Waals surface area contributed by atoms with Crippen LogP contribution in [0.4, 0.5) is 5.69 Å². The number of carbonyl (C=O) groups is 2. The lowest BCUT2D eigenvalue weighted by atomic mass is 10.4. The second kappa shape index (κ2) is 4.72. The molecule has 0 atom stereocenters. The molecule has 0 aliphatic carbocycles. The maximum atomic E-state index is 11.2. The van der Waals surface area contributed by atoms with Crippen molar-refractivity contribution in [3.63, 3.8) is 0 Å². The second-order valence-electron chi connectivity index (χ2n) is 3.51. The third-order valence-electron chi connectivity index (χ3n) is 2.26. The third-order valence-corrected chi connectivity index (χ3v) is 2.26. The van der Waals surface area contributed by atoms with Gasteiger partial charge in [-0.1, -0.05) is 0 Å². The number of nitrogens with zero attached hydrogens (tertiary/aromatic N) is 4. The lowest BCUT2D eigenvalue weighted by molar-refractivity contribution is 0.0592. The van der Waals surface area contributed by atoms with Crippen molar-refractivity contribution < 1.29 is 14.3 Å². The van der Waals surface area contributed by atoms with Gasteiger partial charge in [0.1, 0.15) is 0 Å². The van der Waals surface area contributed by atoms with Crippen LogP contribution in [0.25, 0.3) is 5.82 Å². The number of nitrogens with two attached hydrogens (primary N) is 2. The molecule has 0 aliphatic heterocycles. The van der Waals surface area contributed by atoms with Gasteiger partial charge in [-0.25, -0.2) is 9.48 Å². The minimum Gasteiger partial charge on any atom is -0.464 e. The molecular weight excluding hydrogens is 252 g/mol. The molecule has 0 aliphatic rings. The molecule has 0 saturated heterocycles. The lowest BCUT2D eigenvalue weighted by Gasteiger charge is -2.00. The molecule has 0 unspecified atom stereocenters. The van der Waals surface area contributed by atoms with Crippen LogP contribution in [0.5, 0.6) is 0 Å². The van der Waals surface area contributed by atoms with E-state index in [0.717, 1.165) is 0 Å². The van der Waals surface area contributed by atoms with Crippen molar-refractivity contribution in [2.24, 2.45) is 5.73 Å². The lowest BCUT2D eigenvalue weighted by Crippen LogP contribution is -2.14. The number of aromatic nitrogens is 4. The van der Waals surface area contributed by atoms with Crippen LogP contribution in [0.1, 0.15) is 21.0 Å². The summed E-state index contributed by atoms with van der Waals surface area (Å²) in [6, 6.07) is 2.90. The Kier molecular flexibility index (Phi) is 3.10. The van der Waals surface area contributed by atoms with Gasteiger partial charge >= 0.3 is 5.97 Å². The number of methoxy groups -OCH3 is 1. The number of esters is 1. The molecule has 0 aromatic carbocycles. The van der Waals surface area contributed by atoms with Crippen LogP contribution >= 0.6 is 0 Å². The number of amides is 1. The molecule has 9 nitrogen and oxygen atoms in total. The molecule has 0 radical (unpaired) electrons. The van der Waals surface area contributed by atoms with Crippen LogP contribution in [0, 0.1) is 0 Å². The van der Waals surface area contributed by atoms with Crippen molar-refractivity contribution in [1.82, 2.24) is 20.0 Å². The van der Waals surface area contributed by atoms with Crippen LogP contribution in [-0.2, 0) is 4.74 Å². The van der Waals surface area contributed by atoms with Gasteiger partial charge in [-0.3, -0.25) is 4.79 Å². The number of hydrogen-bond acceptors (Lipinski definition) is 7. The zero-order valence-electron chi connectivity index (χ0n) is 9.90. The minimum absolute atomic E-state index is 0.0566. The summed E-state index contributed by atoms with van der Waals surface area (Å²) in [6.45, 7) is 0. The Morgan fingerprint density at radius 2 is 2.05 bits per heavy atom. The third kappa shape index (κ3) is 2.34. The van der Waals surface area contributed by atoms with E-state index in [1.165, 1.54) is 30.1 Å². The van der Waals surface area contributed by atoms with E-state index in [4.69, 9.17) is 11.5 Å². The van der Waals surface area contributed by atoms with Gasteiger partial charge in [0.2, 0.25) is 0 Å². The molecule has 1 amide bonds. The summed E-state index contributed by atoms with van der Waals surface area (Å²) >= 11 is 0. The SMILES string of the molecule is COC(=O)c1ccc(-n2cc(N)c(C(N)=O)n2)nn1. The van der Waals surface area contributed by atoms with Gasteiger partial charge in [0.05, 0.1) is 19.0 Å². The fourth-order valence-corrected chi connectivity index (χ4v) is 1.36. The highest BCUT2D eigenvalue weighted by molar-refractivity contribution is 5.95. The first kappa shape index (κ1) is 12.5. The standard InChI is InChI=1S/C10H10N6O3/c1-19-10(18)6-2-3-7(14-13-6)16-4-5(11)8(15-16)9(12)17/h2-4H,11H2,1H3,(H2,12,17). The Bertz CT molecular complexity index is 633. The zero-order valence-corrected chi connectivity index (χ0v) is 9.90. The van der Waals surface area contributed by atoms with Crippen LogP contribution < -0.4 is 11.5 Å². The molecule has 4 N–H and O–H groups in total. The summed E-state index contributed by atoms with van der Waals surface area (Å²) in [7, 11) is 1.24. The molecule has 0 saturated carbocycles. The largest absolute Gasteiger partial charge is 0.464 e. The molecule has 0 fully saturated rings. The van der Waals surface area contributed by atoms with Crippen LogP contribution in [0.2, 0.25) is 0 Å². The number of hydrogen-bond donors (Lipinski definition) is 2.